The molecule has 0 saturated carbocycles. The summed E-state index contributed by atoms with van der Waals surface area (Å²) in [7, 11) is 0. The van der Waals surface area contributed by atoms with Gasteiger partial charge in [-0.25, -0.2) is 14.3 Å². The predicted molar refractivity (Wildman–Crippen MR) is 55.9 cm³/mol. The number of rotatable bonds is 3. The molecule has 0 amide bonds. The van der Waals surface area contributed by atoms with Gasteiger partial charge in [0.2, 0.25) is 0 Å². The summed E-state index contributed by atoms with van der Waals surface area (Å²) in [6.07, 6.45) is 4.90. The van der Waals surface area contributed by atoms with Gasteiger partial charge in [0.15, 0.2) is 0 Å². The molecule has 0 radical (unpaired) electrons. The summed E-state index contributed by atoms with van der Waals surface area (Å²) >= 11 is 1.46. The van der Waals surface area contributed by atoms with Crippen LogP contribution in [0.3, 0.4) is 0 Å². The molecule has 2 aromatic rings. The van der Waals surface area contributed by atoms with Gasteiger partial charge < -0.3 is 11.1 Å². The van der Waals surface area contributed by atoms with E-state index in [1.807, 2.05) is 6.07 Å². The molecule has 0 bridgehead atoms. The lowest BCUT2D eigenvalue weighted by Crippen LogP contribution is -2.01. The van der Waals surface area contributed by atoms with Gasteiger partial charge in [-0.3, -0.25) is 0 Å². The topological polar surface area (TPSA) is 76.7 Å². The summed E-state index contributed by atoms with van der Waals surface area (Å²) in [5, 5.41) is 3.12. The van der Waals surface area contributed by atoms with Crippen molar-refractivity contribution < 1.29 is 0 Å². The fraction of sp³-hybridized carbons (Fsp3) is 0.125. The molecule has 6 heteroatoms. The zero-order valence-electron chi connectivity index (χ0n) is 7.34. The monoisotopic (exact) mass is 207 g/mol. The molecule has 0 fully saturated rings. The Morgan fingerprint density at radius 1 is 1.36 bits per heavy atom. The highest BCUT2D eigenvalue weighted by atomic mass is 32.1. The fourth-order valence-electron chi connectivity index (χ4n) is 0.940. The predicted octanol–water partition coefficient (Wildman–Crippen LogP) is 1.13. The van der Waals surface area contributed by atoms with E-state index in [2.05, 4.69) is 19.7 Å². The maximum Gasteiger partial charge on any atom is 0.144 e. The molecule has 0 saturated heterocycles. The Hall–Kier alpha value is -1.69. The third-order valence-electron chi connectivity index (χ3n) is 1.61. The molecule has 5 nitrogen and oxygen atoms in total. The van der Waals surface area contributed by atoms with Crippen molar-refractivity contribution in [2.75, 3.05) is 11.1 Å². The van der Waals surface area contributed by atoms with Crippen LogP contribution in [0.1, 0.15) is 4.88 Å². The van der Waals surface area contributed by atoms with E-state index < -0.39 is 0 Å². The Bertz CT molecular complexity index is 383. The maximum atomic E-state index is 5.41. The van der Waals surface area contributed by atoms with Crippen LogP contribution < -0.4 is 11.1 Å². The molecular formula is C8H9N5S. The summed E-state index contributed by atoms with van der Waals surface area (Å²) < 4.78 is 3.99. The molecule has 0 aliphatic rings. The molecule has 2 heterocycles. The Labute approximate surface area is 85.2 Å². The van der Waals surface area contributed by atoms with Crippen molar-refractivity contribution >= 4 is 23.2 Å². The SMILES string of the molecule is Nc1cnc(NCc2ccns2)cn1. The second kappa shape index (κ2) is 4.01. The molecule has 0 aromatic carbocycles. The highest BCUT2D eigenvalue weighted by Gasteiger charge is 1.96. The standard InChI is InChI=1S/C8H9N5S/c9-7-4-12-8(5-10-7)11-3-6-1-2-13-14-6/h1-2,4-5H,3H2,(H2,9,10)(H,11,12). The zero-order chi connectivity index (χ0) is 9.80. The minimum atomic E-state index is 0.424. The van der Waals surface area contributed by atoms with Gasteiger partial charge in [0, 0.05) is 11.1 Å². The van der Waals surface area contributed by atoms with E-state index in [0.29, 0.717) is 18.2 Å². The van der Waals surface area contributed by atoms with Crippen LogP contribution in [0.15, 0.2) is 24.7 Å². The van der Waals surface area contributed by atoms with Crippen LogP contribution in [-0.4, -0.2) is 14.3 Å². The average molecular weight is 207 g/mol. The quantitative estimate of drug-likeness (QED) is 0.788. The third-order valence-corrected chi connectivity index (χ3v) is 2.35. The fourth-order valence-corrected chi connectivity index (χ4v) is 1.46. The van der Waals surface area contributed by atoms with Gasteiger partial charge in [-0.1, -0.05) is 0 Å². The minimum Gasteiger partial charge on any atom is -0.382 e. The lowest BCUT2D eigenvalue weighted by Gasteiger charge is -2.02. The summed E-state index contributed by atoms with van der Waals surface area (Å²) in [4.78, 5) is 9.14. The van der Waals surface area contributed by atoms with Crippen molar-refractivity contribution in [3.8, 4) is 0 Å². The second-order valence-corrected chi connectivity index (χ2v) is 3.58. The van der Waals surface area contributed by atoms with Gasteiger partial charge >= 0.3 is 0 Å². The van der Waals surface area contributed by atoms with Crippen molar-refractivity contribution in [2.45, 2.75) is 6.54 Å². The van der Waals surface area contributed by atoms with Gasteiger partial charge in [-0.15, -0.1) is 0 Å². The first-order valence-electron chi connectivity index (χ1n) is 4.05. The molecule has 2 aromatic heterocycles. The van der Waals surface area contributed by atoms with Gasteiger partial charge in [-0.2, -0.15) is 0 Å². The van der Waals surface area contributed by atoms with Crippen LogP contribution in [-0.2, 0) is 6.54 Å². The zero-order valence-corrected chi connectivity index (χ0v) is 8.16. The van der Waals surface area contributed by atoms with E-state index in [1.165, 1.54) is 17.7 Å². The van der Waals surface area contributed by atoms with Gasteiger partial charge in [0.05, 0.1) is 18.9 Å². The molecule has 2 rings (SSSR count). The third kappa shape index (κ3) is 2.17. The molecule has 0 atom stereocenters. The first-order valence-corrected chi connectivity index (χ1v) is 4.83. The Morgan fingerprint density at radius 3 is 2.93 bits per heavy atom. The van der Waals surface area contributed by atoms with Crippen molar-refractivity contribution in [1.82, 2.24) is 14.3 Å². The Kier molecular flexibility index (Phi) is 2.55. The number of hydrogen-bond acceptors (Lipinski definition) is 6. The molecular weight excluding hydrogens is 198 g/mol. The number of nitrogens with one attached hydrogen (secondary N) is 1. The molecule has 0 aliphatic carbocycles. The van der Waals surface area contributed by atoms with Gasteiger partial charge in [0.1, 0.15) is 11.6 Å². The number of nitrogen functional groups attached to an aromatic ring is 1. The summed E-state index contributed by atoms with van der Waals surface area (Å²) in [6, 6.07) is 1.96. The normalized spacial score (nSPS) is 10.0. The van der Waals surface area contributed by atoms with E-state index >= 15 is 0 Å². The van der Waals surface area contributed by atoms with E-state index in [9.17, 15) is 0 Å². The molecule has 0 spiro atoms. The smallest absolute Gasteiger partial charge is 0.144 e. The van der Waals surface area contributed by atoms with Crippen molar-refractivity contribution in [3.63, 3.8) is 0 Å². The van der Waals surface area contributed by atoms with Crippen LogP contribution in [0.2, 0.25) is 0 Å². The first-order chi connectivity index (χ1) is 6.84. The summed E-state index contributed by atoms with van der Waals surface area (Å²) in [5.41, 5.74) is 5.41. The van der Waals surface area contributed by atoms with Gasteiger partial charge in [-0.05, 0) is 17.6 Å². The Morgan fingerprint density at radius 2 is 2.29 bits per heavy atom. The van der Waals surface area contributed by atoms with Crippen LogP contribution in [0, 0.1) is 0 Å². The second-order valence-electron chi connectivity index (χ2n) is 2.66. The molecule has 0 unspecified atom stereocenters. The van der Waals surface area contributed by atoms with Crippen molar-refractivity contribution in [2.24, 2.45) is 0 Å². The Balaban J connectivity index is 1.95. The van der Waals surface area contributed by atoms with E-state index in [-0.39, 0.29) is 0 Å². The number of aromatic nitrogens is 3. The lowest BCUT2D eigenvalue weighted by molar-refractivity contribution is 1.11. The lowest BCUT2D eigenvalue weighted by atomic mass is 10.5. The number of hydrogen-bond donors (Lipinski definition) is 2. The molecule has 14 heavy (non-hydrogen) atoms. The van der Waals surface area contributed by atoms with E-state index in [1.54, 1.807) is 12.4 Å². The number of nitrogens with two attached hydrogens (primary N) is 1. The molecule has 0 aliphatic heterocycles. The average Bonchev–Trinajstić information content (AvgIpc) is 2.70. The molecule has 72 valence electrons. The largest absolute Gasteiger partial charge is 0.382 e. The highest BCUT2D eigenvalue weighted by Crippen LogP contribution is 2.08. The van der Waals surface area contributed by atoms with Crippen LogP contribution in [0.4, 0.5) is 11.6 Å². The van der Waals surface area contributed by atoms with Gasteiger partial charge in [0.25, 0.3) is 0 Å². The van der Waals surface area contributed by atoms with Crippen LogP contribution in [0.5, 0.6) is 0 Å². The number of anilines is 2. The van der Waals surface area contributed by atoms with E-state index in [0.717, 1.165) is 4.88 Å². The summed E-state index contributed by atoms with van der Waals surface area (Å²) in [6.45, 7) is 0.712. The van der Waals surface area contributed by atoms with Crippen LogP contribution in [0.25, 0.3) is 0 Å². The highest BCUT2D eigenvalue weighted by molar-refractivity contribution is 7.05. The first kappa shape index (κ1) is 8.89. The van der Waals surface area contributed by atoms with Crippen molar-refractivity contribution in [3.05, 3.63) is 29.5 Å². The minimum absolute atomic E-state index is 0.424. The maximum absolute atomic E-state index is 5.41. The molecule has 3 N–H and O–H groups in total. The number of nitrogens with zero attached hydrogens (tertiary/aromatic N) is 3. The van der Waals surface area contributed by atoms with Crippen LogP contribution >= 0.6 is 11.5 Å². The summed E-state index contributed by atoms with van der Waals surface area (Å²) in [5.74, 6) is 1.14. The van der Waals surface area contributed by atoms with E-state index in [4.69, 9.17) is 5.73 Å². The van der Waals surface area contributed by atoms with Crippen molar-refractivity contribution in [1.29, 1.82) is 0 Å².